The van der Waals surface area contributed by atoms with Crippen LogP contribution in [0.4, 0.5) is 0 Å². The van der Waals surface area contributed by atoms with Crippen molar-refractivity contribution < 1.29 is 9.53 Å². The van der Waals surface area contributed by atoms with E-state index in [4.69, 9.17) is 4.74 Å². The highest BCUT2D eigenvalue weighted by atomic mass is 35.5. The van der Waals surface area contributed by atoms with Crippen molar-refractivity contribution in [2.24, 2.45) is 5.92 Å². The number of hydrogen-bond acceptors (Lipinski definition) is 3. The maximum atomic E-state index is 12.5. The molecule has 0 saturated heterocycles. The van der Waals surface area contributed by atoms with E-state index in [1.807, 2.05) is 19.1 Å². The number of aromatic nitrogens is 2. The summed E-state index contributed by atoms with van der Waals surface area (Å²) in [7, 11) is 0. The van der Waals surface area contributed by atoms with E-state index in [2.05, 4.69) is 16.0 Å². The molecule has 2 fully saturated rings. The molecule has 0 radical (unpaired) electrons. The van der Waals surface area contributed by atoms with Gasteiger partial charge in [-0.2, -0.15) is 5.10 Å². The third-order valence-corrected chi connectivity index (χ3v) is 5.40. The van der Waals surface area contributed by atoms with Gasteiger partial charge in [-0.05, 0) is 62.6 Å². The van der Waals surface area contributed by atoms with Gasteiger partial charge in [-0.1, -0.05) is 6.42 Å². The molecule has 2 aliphatic rings. The molecule has 2 aliphatic carbocycles. The van der Waals surface area contributed by atoms with Crippen LogP contribution in [0, 0.1) is 12.8 Å². The lowest BCUT2D eigenvalue weighted by atomic mass is 9.85. The standard InChI is InChI=1S/C20H26N2O2.ClH/c1-14-17(20(23)6-3-11-24-16-7-8-16)9-10-19-18(14)13-22(21-19)12-15-4-2-5-15;/h9-10,13,15-16H,2-8,11-12H2,1H3;1H. The topological polar surface area (TPSA) is 44.1 Å². The molecule has 136 valence electrons. The molecule has 0 spiro atoms. The van der Waals surface area contributed by atoms with E-state index >= 15 is 0 Å². The van der Waals surface area contributed by atoms with Crippen molar-refractivity contribution in [1.82, 2.24) is 9.78 Å². The molecule has 0 bridgehead atoms. The normalized spacial score (nSPS) is 17.3. The molecule has 1 aromatic heterocycles. The second-order valence-electron chi connectivity index (χ2n) is 7.42. The highest BCUT2D eigenvalue weighted by molar-refractivity contribution is 6.01. The summed E-state index contributed by atoms with van der Waals surface area (Å²) in [6.07, 6.45) is 10.3. The number of carbonyl (C=O) groups is 1. The molecule has 1 heterocycles. The minimum absolute atomic E-state index is 0. The third-order valence-electron chi connectivity index (χ3n) is 5.40. The number of Topliss-reactive ketones (excluding diaryl/α,β-unsaturated/α-hetero) is 1. The van der Waals surface area contributed by atoms with E-state index in [0.717, 1.165) is 40.9 Å². The van der Waals surface area contributed by atoms with Crippen LogP contribution in [0.2, 0.25) is 0 Å². The lowest BCUT2D eigenvalue weighted by Crippen LogP contribution is -2.18. The van der Waals surface area contributed by atoms with E-state index in [9.17, 15) is 4.79 Å². The SMILES string of the molecule is Cc1c(C(=O)CCCOC2CC2)ccc2nn(CC3CCC3)cc12.Cl. The predicted octanol–water partition coefficient (Wildman–Crippen LogP) is 4.71. The Morgan fingerprint density at radius 3 is 2.76 bits per heavy atom. The van der Waals surface area contributed by atoms with Gasteiger partial charge in [0.15, 0.2) is 5.78 Å². The van der Waals surface area contributed by atoms with Crippen molar-refractivity contribution >= 4 is 29.1 Å². The van der Waals surface area contributed by atoms with Crippen LogP contribution in [0.15, 0.2) is 18.3 Å². The summed E-state index contributed by atoms with van der Waals surface area (Å²) in [5, 5.41) is 5.80. The first kappa shape index (κ1) is 18.4. The van der Waals surface area contributed by atoms with Gasteiger partial charge in [-0.25, -0.2) is 0 Å². The molecule has 0 aliphatic heterocycles. The first-order valence-electron chi connectivity index (χ1n) is 9.32. The average Bonchev–Trinajstić information content (AvgIpc) is 3.25. The largest absolute Gasteiger partial charge is 0.378 e. The smallest absolute Gasteiger partial charge is 0.163 e. The van der Waals surface area contributed by atoms with E-state index in [0.29, 0.717) is 19.1 Å². The van der Waals surface area contributed by atoms with Crippen molar-refractivity contribution in [2.45, 2.75) is 64.5 Å². The van der Waals surface area contributed by atoms with E-state index in [-0.39, 0.29) is 18.2 Å². The van der Waals surface area contributed by atoms with Gasteiger partial charge < -0.3 is 4.74 Å². The van der Waals surface area contributed by atoms with Crippen molar-refractivity contribution in [2.75, 3.05) is 6.61 Å². The first-order valence-corrected chi connectivity index (χ1v) is 9.32. The molecule has 0 atom stereocenters. The Hall–Kier alpha value is -1.39. The van der Waals surface area contributed by atoms with Crippen LogP contribution in [0.25, 0.3) is 10.9 Å². The number of carbonyl (C=O) groups excluding carboxylic acids is 1. The average molecular weight is 363 g/mol. The van der Waals surface area contributed by atoms with Crippen LogP contribution in [0.3, 0.4) is 0 Å². The second-order valence-corrected chi connectivity index (χ2v) is 7.42. The zero-order valence-corrected chi connectivity index (χ0v) is 15.7. The zero-order chi connectivity index (χ0) is 16.5. The number of nitrogens with zero attached hydrogens (tertiary/aromatic N) is 2. The van der Waals surface area contributed by atoms with Gasteiger partial charge in [-0.3, -0.25) is 9.48 Å². The van der Waals surface area contributed by atoms with Crippen LogP contribution in [-0.2, 0) is 11.3 Å². The Morgan fingerprint density at radius 1 is 1.28 bits per heavy atom. The van der Waals surface area contributed by atoms with Crippen molar-refractivity contribution in [3.05, 3.63) is 29.5 Å². The summed E-state index contributed by atoms with van der Waals surface area (Å²) >= 11 is 0. The number of halogens is 1. The molecular formula is C20H27ClN2O2. The van der Waals surface area contributed by atoms with Gasteiger partial charge in [0.2, 0.25) is 0 Å². The molecule has 2 aromatic rings. The maximum absolute atomic E-state index is 12.5. The Morgan fingerprint density at radius 2 is 2.08 bits per heavy atom. The van der Waals surface area contributed by atoms with Crippen molar-refractivity contribution in [3.8, 4) is 0 Å². The Labute approximate surface area is 155 Å². The number of aryl methyl sites for hydroxylation is 1. The summed E-state index contributed by atoms with van der Waals surface area (Å²) in [5.41, 5.74) is 2.91. The highest BCUT2D eigenvalue weighted by Crippen LogP contribution is 2.29. The predicted molar refractivity (Wildman–Crippen MR) is 102 cm³/mol. The summed E-state index contributed by atoms with van der Waals surface area (Å²) < 4.78 is 7.70. The number of fused-ring (bicyclic) bond motifs is 1. The van der Waals surface area contributed by atoms with E-state index in [1.54, 1.807) is 0 Å². The van der Waals surface area contributed by atoms with Crippen LogP contribution in [0.5, 0.6) is 0 Å². The molecular weight excluding hydrogens is 336 g/mol. The molecule has 25 heavy (non-hydrogen) atoms. The monoisotopic (exact) mass is 362 g/mol. The second kappa shape index (κ2) is 7.88. The summed E-state index contributed by atoms with van der Waals surface area (Å²) in [6, 6.07) is 3.94. The lowest BCUT2D eigenvalue weighted by Gasteiger charge is -2.24. The highest BCUT2D eigenvalue weighted by Gasteiger charge is 2.22. The summed E-state index contributed by atoms with van der Waals surface area (Å²) in [5.74, 6) is 1.01. The Kier molecular flexibility index (Phi) is 5.80. The third kappa shape index (κ3) is 4.24. The number of ether oxygens (including phenoxy) is 1. The molecule has 2 saturated carbocycles. The number of hydrogen-bond donors (Lipinski definition) is 0. The lowest BCUT2D eigenvalue weighted by molar-refractivity contribution is 0.0916. The fourth-order valence-electron chi connectivity index (χ4n) is 3.47. The van der Waals surface area contributed by atoms with E-state index in [1.165, 1.54) is 32.1 Å². The number of benzene rings is 1. The molecule has 0 amide bonds. The quantitative estimate of drug-likeness (QED) is 0.504. The zero-order valence-electron chi connectivity index (χ0n) is 14.9. The van der Waals surface area contributed by atoms with Crippen LogP contribution in [0.1, 0.15) is 60.9 Å². The number of ketones is 1. The molecule has 4 nitrogen and oxygen atoms in total. The van der Waals surface area contributed by atoms with Crippen LogP contribution in [-0.4, -0.2) is 28.3 Å². The van der Waals surface area contributed by atoms with Crippen LogP contribution < -0.4 is 0 Å². The van der Waals surface area contributed by atoms with Crippen molar-refractivity contribution in [1.29, 1.82) is 0 Å². The van der Waals surface area contributed by atoms with Crippen LogP contribution >= 0.6 is 12.4 Å². The molecule has 4 rings (SSSR count). The minimum atomic E-state index is 0. The van der Waals surface area contributed by atoms with Gasteiger partial charge in [0.1, 0.15) is 0 Å². The first-order chi connectivity index (χ1) is 11.7. The maximum Gasteiger partial charge on any atom is 0.163 e. The molecule has 5 heteroatoms. The summed E-state index contributed by atoms with van der Waals surface area (Å²) in [4.78, 5) is 12.5. The molecule has 1 aromatic carbocycles. The van der Waals surface area contributed by atoms with Gasteiger partial charge in [0.25, 0.3) is 0 Å². The summed E-state index contributed by atoms with van der Waals surface area (Å²) in [6.45, 7) is 3.76. The fraction of sp³-hybridized carbons (Fsp3) is 0.600. The van der Waals surface area contributed by atoms with Crippen molar-refractivity contribution in [3.63, 3.8) is 0 Å². The van der Waals surface area contributed by atoms with E-state index < -0.39 is 0 Å². The van der Waals surface area contributed by atoms with Gasteiger partial charge in [0, 0.05) is 36.7 Å². The van der Waals surface area contributed by atoms with Gasteiger partial charge in [-0.15, -0.1) is 12.4 Å². The minimum Gasteiger partial charge on any atom is -0.378 e. The molecule has 0 unspecified atom stereocenters. The van der Waals surface area contributed by atoms with Gasteiger partial charge in [0.05, 0.1) is 11.6 Å². The fourth-order valence-corrected chi connectivity index (χ4v) is 3.47. The molecule has 0 N–H and O–H groups in total. The number of rotatable bonds is 8. The Balaban J connectivity index is 0.00000182. The Bertz CT molecular complexity index is 747. The van der Waals surface area contributed by atoms with Gasteiger partial charge >= 0.3 is 0 Å².